The van der Waals surface area contributed by atoms with Gasteiger partial charge in [-0.15, -0.1) is 0 Å². The molecule has 0 aliphatic heterocycles. The van der Waals surface area contributed by atoms with Crippen LogP contribution in [0.5, 0.6) is 0 Å². The number of benzene rings is 1. The number of hydrogen-bond donors (Lipinski definition) is 1. The van der Waals surface area contributed by atoms with Crippen LogP contribution < -0.4 is 5.73 Å². The van der Waals surface area contributed by atoms with Gasteiger partial charge in [-0.3, -0.25) is 0 Å². The Balaban J connectivity index is 2.80. The minimum Gasteiger partial charge on any atom is -0.324 e. The maximum atomic E-state index is 13.0. The molecule has 0 amide bonds. The molecule has 0 heterocycles. The van der Waals surface area contributed by atoms with Crippen LogP contribution in [0.15, 0.2) is 18.2 Å². The summed E-state index contributed by atoms with van der Waals surface area (Å²) in [6, 6.07) is 4.16. The largest absolute Gasteiger partial charge is 0.324 e. The molecule has 2 atom stereocenters. The smallest absolute Gasteiger partial charge is 0.123 e. The fraction of sp³-hybridized carbons (Fsp3) is 0.500. The quantitative estimate of drug-likeness (QED) is 0.832. The van der Waals surface area contributed by atoms with Gasteiger partial charge in [0.1, 0.15) is 5.82 Å². The van der Waals surface area contributed by atoms with Crippen LogP contribution in [-0.4, -0.2) is 0 Å². The maximum Gasteiger partial charge on any atom is 0.123 e. The van der Waals surface area contributed by atoms with Crippen molar-refractivity contribution in [3.63, 3.8) is 0 Å². The van der Waals surface area contributed by atoms with Crippen molar-refractivity contribution in [3.8, 4) is 0 Å². The summed E-state index contributed by atoms with van der Waals surface area (Å²) in [7, 11) is 0. The molecule has 0 bridgehead atoms. The first-order valence-corrected chi connectivity index (χ1v) is 5.63. The second-order valence-corrected chi connectivity index (χ2v) is 4.43. The minimum atomic E-state index is -0.283. The highest BCUT2D eigenvalue weighted by molar-refractivity contribution is 6.31. The number of hydrogen-bond acceptors (Lipinski definition) is 1. The van der Waals surface area contributed by atoms with Gasteiger partial charge in [0.25, 0.3) is 0 Å². The number of nitrogens with two attached hydrogens (primary N) is 1. The molecule has 1 aromatic rings. The molecule has 1 nitrogen and oxygen atoms in total. The minimum absolute atomic E-state index is 0.178. The van der Waals surface area contributed by atoms with Crippen molar-refractivity contribution in [1.82, 2.24) is 0 Å². The van der Waals surface area contributed by atoms with Crippen LogP contribution >= 0.6 is 11.6 Å². The van der Waals surface area contributed by atoms with E-state index in [4.69, 9.17) is 17.3 Å². The third kappa shape index (κ3) is 3.47. The van der Waals surface area contributed by atoms with E-state index >= 15 is 0 Å². The summed E-state index contributed by atoms with van der Waals surface area (Å²) in [5.41, 5.74) is 6.70. The van der Waals surface area contributed by atoms with Crippen molar-refractivity contribution in [3.05, 3.63) is 34.6 Å². The predicted molar refractivity (Wildman–Crippen MR) is 62.4 cm³/mol. The highest BCUT2D eigenvalue weighted by Crippen LogP contribution is 2.27. The molecule has 15 heavy (non-hydrogen) atoms. The molecule has 2 N–H and O–H groups in total. The van der Waals surface area contributed by atoms with Gasteiger partial charge in [0.15, 0.2) is 0 Å². The van der Waals surface area contributed by atoms with E-state index < -0.39 is 0 Å². The van der Waals surface area contributed by atoms with Crippen molar-refractivity contribution in [2.75, 3.05) is 0 Å². The molecule has 0 spiro atoms. The second-order valence-electron chi connectivity index (χ2n) is 4.02. The SMILES string of the molecule is CCC(C)CC(N)c1cc(F)ccc1Cl. The Morgan fingerprint density at radius 3 is 2.73 bits per heavy atom. The average molecular weight is 230 g/mol. The summed E-state index contributed by atoms with van der Waals surface area (Å²) >= 11 is 5.97. The van der Waals surface area contributed by atoms with E-state index in [0.29, 0.717) is 16.5 Å². The summed E-state index contributed by atoms with van der Waals surface area (Å²) in [4.78, 5) is 0. The molecular formula is C12H17ClFN. The van der Waals surface area contributed by atoms with E-state index in [2.05, 4.69) is 13.8 Å². The van der Waals surface area contributed by atoms with Gasteiger partial charge >= 0.3 is 0 Å². The van der Waals surface area contributed by atoms with Crippen molar-refractivity contribution < 1.29 is 4.39 Å². The Bertz CT molecular complexity index is 327. The first-order chi connectivity index (χ1) is 7.04. The highest BCUT2D eigenvalue weighted by Gasteiger charge is 2.13. The van der Waals surface area contributed by atoms with Crippen LogP contribution in [0.4, 0.5) is 4.39 Å². The molecule has 0 fully saturated rings. The Morgan fingerprint density at radius 1 is 1.47 bits per heavy atom. The topological polar surface area (TPSA) is 26.0 Å². The number of rotatable bonds is 4. The zero-order chi connectivity index (χ0) is 11.4. The first-order valence-electron chi connectivity index (χ1n) is 5.25. The molecule has 0 aliphatic carbocycles. The summed E-state index contributed by atoms with van der Waals surface area (Å²) in [5.74, 6) is 0.244. The van der Waals surface area contributed by atoms with Gasteiger partial charge in [-0.25, -0.2) is 4.39 Å². The standard InChI is InChI=1S/C12H17ClFN/c1-3-8(2)6-12(15)10-7-9(14)4-5-11(10)13/h4-5,7-8,12H,3,6,15H2,1-2H3. The molecule has 3 heteroatoms. The molecule has 0 radical (unpaired) electrons. The predicted octanol–water partition coefficient (Wildman–Crippen LogP) is 3.92. The molecule has 1 rings (SSSR count). The van der Waals surface area contributed by atoms with Crippen LogP contribution in [0.2, 0.25) is 5.02 Å². The van der Waals surface area contributed by atoms with E-state index in [0.717, 1.165) is 12.8 Å². The first kappa shape index (κ1) is 12.5. The molecule has 1 aromatic carbocycles. The van der Waals surface area contributed by atoms with Gasteiger partial charge in [0.05, 0.1) is 0 Å². The molecule has 84 valence electrons. The van der Waals surface area contributed by atoms with Crippen molar-refractivity contribution in [1.29, 1.82) is 0 Å². The average Bonchev–Trinajstić information content (AvgIpc) is 2.21. The zero-order valence-electron chi connectivity index (χ0n) is 9.13. The monoisotopic (exact) mass is 229 g/mol. The van der Waals surface area contributed by atoms with Crippen molar-refractivity contribution in [2.45, 2.75) is 32.7 Å². The summed E-state index contributed by atoms with van der Waals surface area (Å²) in [6.07, 6.45) is 1.90. The Hall–Kier alpha value is -0.600. The van der Waals surface area contributed by atoms with Crippen LogP contribution in [0.25, 0.3) is 0 Å². The normalized spacial score (nSPS) is 15.0. The van der Waals surface area contributed by atoms with Crippen molar-refractivity contribution >= 4 is 11.6 Å². The fourth-order valence-electron chi connectivity index (χ4n) is 1.53. The number of halogens is 2. The summed E-state index contributed by atoms with van der Waals surface area (Å²) in [5, 5.41) is 0.548. The van der Waals surface area contributed by atoms with Gasteiger partial charge in [0, 0.05) is 11.1 Å². The highest BCUT2D eigenvalue weighted by atomic mass is 35.5. The molecule has 0 saturated carbocycles. The summed E-state index contributed by atoms with van der Waals surface area (Å²) < 4.78 is 13.0. The van der Waals surface area contributed by atoms with Crippen LogP contribution in [0.1, 0.15) is 38.3 Å². The van der Waals surface area contributed by atoms with Gasteiger partial charge in [-0.2, -0.15) is 0 Å². The lowest BCUT2D eigenvalue weighted by molar-refractivity contribution is 0.460. The van der Waals surface area contributed by atoms with Gasteiger partial charge in [-0.1, -0.05) is 31.9 Å². The Labute approximate surface area is 95.4 Å². The second kappa shape index (κ2) is 5.47. The Morgan fingerprint density at radius 2 is 2.13 bits per heavy atom. The van der Waals surface area contributed by atoms with Crippen LogP contribution in [-0.2, 0) is 0 Å². The van der Waals surface area contributed by atoms with Gasteiger partial charge < -0.3 is 5.73 Å². The van der Waals surface area contributed by atoms with Gasteiger partial charge in [-0.05, 0) is 36.1 Å². The molecule has 0 saturated heterocycles. The zero-order valence-corrected chi connectivity index (χ0v) is 9.89. The van der Waals surface area contributed by atoms with E-state index in [1.54, 1.807) is 6.07 Å². The van der Waals surface area contributed by atoms with Gasteiger partial charge in [0.2, 0.25) is 0 Å². The van der Waals surface area contributed by atoms with Crippen LogP contribution in [0, 0.1) is 11.7 Å². The fourth-order valence-corrected chi connectivity index (χ4v) is 1.78. The molecule has 0 aliphatic rings. The van der Waals surface area contributed by atoms with E-state index in [1.165, 1.54) is 12.1 Å². The lowest BCUT2D eigenvalue weighted by Gasteiger charge is -2.17. The third-order valence-electron chi connectivity index (χ3n) is 2.71. The molecular weight excluding hydrogens is 213 g/mol. The third-order valence-corrected chi connectivity index (χ3v) is 3.05. The molecule has 0 aromatic heterocycles. The lowest BCUT2D eigenvalue weighted by atomic mass is 9.95. The van der Waals surface area contributed by atoms with E-state index in [1.807, 2.05) is 0 Å². The van der Waals surface area contributed by atoms with Crippen molar-refractivity contribution in [2.24, 2.45) is 11.7 Å². The lowest BCUT2D eigenvalue weighted by Crippen LogP contribution is -2.14. The molecule has 2 unspecified atom stereocenters. The Kier molecular flexibility index (Phi) is 4.55. The maximum absolute atomic E-state index is 13.0. The van der Waals surface area contributed by atoms with E-state index in [9.17, 15) is 4.39 Å². The van der Waals surface area contributed by atoms with Crippen LogP contribution in [0.3, 0.4) is 0 Å². The summed E-state index contributed by atoms with van der Waals surface area (Å²) in [6.45, 7) is 4.25. The van der Waals surface area contributed by atoms with E-state index in [-0.39, 0.29) is 11.9 Å².